The highest BCUT2D eigenvalue weighted by atomic mass is 35.5. The molecule has 316 valence electrons. The van der Waals surface area contributed by atoms with Gasteiger partial charge in [-0.15, -0.1) is 11.8 Å². The van der Waals surface area contributed by atoms with Crippen molar-refractivity contribution in [2.45, 2.75) is 67.8 Å². The number of rotatable bonds is 17. The number of fused-ring (bicyclic) bond motifs is 1. The summed E-state index contributed by atoms with van der Waals surface area (Å²) in [5.74, 6) is 0.768. The first-order chi connectivity index (χ1) is 28.9. The normalized spacial score (nSPS) is 15.8. The van der Waals surface area contributed by atoms with E-state index < -0.39 is 14.9 Å². The number of benzene rings is 4. The van der Waals surface area contributed by atoms with Crippen LogP contribution in [0.4, 0.5) is 22.9 Å². The Bertz CT molecular complexity index is 2410. The number of halogens is 1. The molecule has 0 saturated carbocycles. The van der Waals surface area contributed by atoms with E-state index in [1.165, 1.54) is 48.0 Å². The Hall–Kier alpha value is -4.73. The number of nitro groups is 1. The van der Waals surface area contributed by atoms with E-state index in [0.29, 0.717) is 22.7 Å². The number of piperazine rings is 1. The van der Waals surface area contributed by atoms with Crippen LogP contribution in [0.3, 0.4) is 0 Å². The van der Waals surface area contributed by atoms with Crippen LogP contribution < -0.4 is 14.9 Å². The minimum absolute atomic E-state index is 0.103. The molecule has 1 aliphatic carbocycles. The first-order valence-corrected chi connectivity index (χ1v) is 23.4. The predicted octanol–water partition coefficient (Wildman–Crippen LogP) is 9.45. The highest BCUT2D eigenvalue weighted by molar-refractivity contribution is 7.99. The maximum absolute atomic E-state index is 13.8. The molecular formula is C45H53ClN8O4S2. The molecule has 7 rings (SSSR count). The Balaban J connectivity index is 1.02. The summed E-state index contributed by atoms with van der Waals surface area (Å²) >= 11 is 7.85. The number of nitrogens with one attached hydrogen (secondary N) is 2. The maximum Gasteiger partial charge on any atom is 0.293 e. The van der Waals surface area contributed by atoms with Gasteiger partial charge in [-0.2, -0.15) is 0 Å². The van der Waals surface area contributed by atoms with Gasteiger partial charge in [-0.25, -0.2) is 18.4 Å². The summed E-state index contributed by atoms with van der Waals surface area (Å²) in [5.41, 5.74) is 5.81. The van der Waals surface area contributed by atoms with Crippen molar-refractivity contribution in [3.63, 3.8) is 0 Å². The number of allylic oxidation sites excluding steroid dienone is 1. The third kappa shape index (κ3) is 11.0. The topological polar surface area (TPSA) is 137 Å². The molecule has 4 aromatic carbocycles. The SMILES string of the molecule is CC(C)N(C)CC[C@H](CSc1ccccc1)Nc1ccc(S(=O)(=O)Nc2ncnc3cc(N4CCN(CC5=C(c6ccc(Cl)cc6)CCCC5)CC4)ccc23)cc1[N+](=O)[O-]. The number of nitro benzene ring substituents is 1. The van der Waals surface area contributed by atoms with Crippen LogP contribution >= 0.6 is 23.4 Å². The lowest BCUT2D eigenvalue weighted by molar-refractivity contribution is -0.384. The number of hydrogen-bond acceptors (Lipinski definition) is 11. The molecule has 2 N–H and O–H groups in total. The summed E-state index contributed by atoms with van der Waals surface area (Å²) in [6.45, 7) is 9.55. The van der Waals surface area contributed by atoms with Crippen LogP contribution in [-0.2, 0) is 10.0 Å². The molecule has 5 aromatic rings. The Morgan fingerprint density at radius 3 is 2.42 bits per heavy atom. The van der Waals surface area contributed by atoms with Gasteiger partial charge in [-0.1, -0.05) is 47.5 Å². The molecule has 2 aliphatic rings. The van der Waals surface area contributed by atoms with Crippen molar-refractivity contribution in [2.24, 2.45) is 0 Å². The third-order valence-electron chi connectivity index (χ3n) is 11.5. The second-order valence-corrected chi connectivity index (χ2v) is 19.1. The molecule has 0 radical (unpaired) electrons. The maximum atomic E-state index is 13.8. The molecule has 1 aromatic heterocycles. The summed E-state index contributed by atoms with van der Waals surface area (Å²) in [6, 6.07) is 28.2. The molecule has 15 heteroatoms. The first-order valence-electron chi connectivity index (χ1n) is 20.6. The van der Waals surface area contributed by atoms with Crippen LogP contribution in [0.15, 0.2) is 113 Å². The summed E-state index contributed by atoms with van der Waals surface area (Å²) in [6.07, 6.45) is 6.73. The van der Waals surface area contributed by atoms with Crippen molar-refractivity contribution in [2.75, 3.05) is 67.0 Å². The zero-order valence-corrected chi connectivity index (χ0v) is 36.8. The second kappa shape index (κ2) is 19.8. The number of thioether (sulfide) groups is 1. The van der Waals surface area contributed by atoms with E-state index in [1.807, 2.05) is 60.7 Å². The molecular weight excluding hydrogens is 816 g/mol. The van der Waals surface area contributed by atoms with E-state index in [4.69, 9.17) is 11.6 Å². The average Bonchev–Trinajstić information content (AvgIpc) is 3.25. The highest BCUT2D eigenvalue weighted by Crippen LogP contribution is 2.35. The quantitative estimate of drug-likeness (QED) is 0.0526. The van der Waals surface area contributed by atoms with Gasteiger partial charge in [0.2, 0.25) is 0 Å². The molecule has 0 spiro atoms. The molecule has 0 bridgehead atoms. The Labute approximate surface area is 362 Å². The molecule has 1 aliphatic heterocycles. The van der Waals surface area contributed by atoms with Crippen molar-refractivity contribution in [1.29, 1.82) is 0 Å². The van der Waals surface area contributed by atoms with Crippen molar-refractivity contribution in [1.82, 2.24) is 19.8 Å². The number of nitrogens with zero attached hydrogens (tertiary/aromatic N) is 6. The Kier molecular flexibility index (Phi) is 14.3. The lowest BCUT2D eigenvalue weighted by Gasteiger charge is -2.37. The van der Waals surface area contributed by atoms with E-state index in [-0.39, 0.29) is 28.1 Å². The van der Waals surface area contributed by atoms with Gasteiger partial charge in [-0.3, -0.25) is 19.7 Å². The largest absolute Gasteiger partial charge is 0.376 e. The fraction of sp³-hybridized carbons (Fsp3) is 0.378. The molecule has 0 unspecified atom stereocenters. The molecule has 0 amide bonds. The molecule has 1 atom stereocenters. The van der Waals surface area contributed by atoms with Crippen LogP contribution in [0.5, 0.6) is 0 Å². The van der Waals surface area contributed by atoms with Gasteiger partial charge >= 0.3 is 0 Å². The molecule has 12 nitrogen and oxygen atoms in total. The van der Waals surface area contributed by atoms with E-state index in [0.717, 1.165) is 80.2 Å². The fourth-order valence-electron chi connectivity index (χ4n) is 7.79. The Morgan fingerprint density at radius 1 is 0.933 bits per heavy atom. The van der Waals surface area contributed by atoms with Gasteiger partial charge in [0.05, 0.1) is 15.3 Å². The van der Waals surface area contributed by atoms with E-state index in [1.54, 1.807) is 11.8 Å². The summed E-state index contributed by atoms with van der Waals surface area (Å²) in [5, 5.41) is 17.1. The van der Waals surface area contributed by atoms with Crippen LogP contribution in [0.2, 0.25) is 5.02 Å². The van der Waals surface area contributed by atoms with Crippen LogP contribution in [-0.4, -0.2) is 97.3 Å². The summed E-state index contributed by atoms with van der Waals surface area (Å²) in [4.78, 5) is 28.6. The second-order valence-electron chi connectivity index (χ2n) is 15.9. The van der Waals surface area contributed by atoms with Crippen molar-refractivity contribution < 1.29 is 13.3 Å². The van der Waals surface area contributed by atoms with Crippen LogP contribution in [0.1, 0.15) is 51.5 Å². The first kappa shape index (κ1) is 43.4. The van der Waals surface area contributed by atoms with Crippen molar-refractivity contribution in [3.05, 3.63) is 124 Å². The number of hydrogen-bond donors (Lipinski definition) is 2. The number of aromatic nitrogens is 2. The zero-order valence-electron chi connectivity index (χ0n) is 34.4. The molecule has 2 heterocycles. The monoisotopic (exact) mass is 868 g/mol. The minimum atomic E-state index is -4.26. The number of anilines is 3. The van der Waals surface area contributed by atoms with E-state index in [9.17, 15) is 18.5 Å². The average molecular weight is 870 g/mol. The summed E-state index contributed by atoms with van der Waals surface area (Å²) < 4.78 is 30.2. The van der Waals surface area contributed by atoms with Crippen molar-refractivity contribution in [3.8, 4) is 0 Å². The lowest BCUT2D eigenvalue weighted by Crippen LogP contribution is -2.47. The van der Waals surface area contributed by atoms with Gasteiger partial charge in [0.1, 0.15) is 12.0 Å². The van der Waals surface area contributed by atoms with Gasteiger partial charge in [-0.05, 0) is 119 Å². The van der Waals surface area contributed by atoms with Crippen LogP contribution in [0.25, 0.3) is 16.5 Å². The highest BCUT2D eigenvalue weighted by Gasteiger charge is 2.26. The van der Waals surface area contributed by atoms with E-state index in [2.05, 4.69) is 67.7 Å². The Morgan fingerprint density at radius 2 is 1.68 bits per heavy atom. The standard InChI is InChI=1S/C45H53ClN8O4S2/c1-32(2)51(3)22-21-36(30-59-38-10-5-4-6-11-38)49-42-20-18-39(28-44(42)54(55)56)60(57,58)50-45-41-19-17-37(27-43(41)47-31-48-45)53-25-23-52(24-26-53)29-34-9-7-8-12-40(34)33-13-15-35(46)16-14-33/h4-6,10-11,13-20,27-28,31-32,36,49H,7-9,12,21-26,29-30H2,1-3H3,(H,47,48,50)/t36-/m1/s1. The van der Waals surface area contributed by atoms with Crippen molar-refractivity contribution >= 4 is 72.7 Å². The van der Waals surface area contributed by atoms with Gasteiger partial charge in [0, 0.05) is 84.2 Å². The van der Waals surface area contributed by atoms with Crippen LogP contribution in [0, 0.1) is 10.1 Å². The van der Waals surface area contributed by atoms with Gasteiger partial charge < -0.3 is 15.1 Å². The predicted molar refractivity (Wildman–Crippen MR) is 246 cm³/mol. The molecule has 60 heavy (non-hydrogen) atoms. The van der Waals surface area contributed by atoms with Gasteiger partial charge in [0.25, 0.3) is 15.7 Å². The molecule has 1 saturated heterocycles. The van der Waals surface area contributed by atoms with E-state index >= 15 is 0 Å². The van der Waals surface area contributed by atoms with Gasteiger partial charge in [0.15, 0.2) is 5.82 Å². The molecule has 1 fully saturated rings. The third-order valence-corrected chi connectivity index (χ3v) is 14.3. The zero-order chi connectivity index (χ0) is 42.2. The lowest BCUT2D eigenvalue weighted by atomic mass is 9.87. The summed E-state index contributed by atoms with van der Waals surface area (Å²) in [7, 11) is -2.21. The minimum Gasteiger partial charge on any atom is -0.376 e. The fourth-order valence-corrected chi connectivity index (χ4v) is 9.95. The number of sulfonamides is 1. The smallest absolute Gasteiger partial charge is 0.293 e.